The van der Waals surface area contributed by atoms with Crippen LogP contribution in [0.15, 0.2) is 28.5 Å². The lowest BCUT2D eigenvalue weighted by Crippen LogP contribution is -2.49. The van der Waals surface area contributed by atoms with Gasteiger partial charge in [0.05, 0.1) is 6.10 Å². The number of nitrogens with zero attached hydrogens (tertiary/aromatic N) is 6. The maximum atomic E-state index is 13.0. The SMILES string of the molecule is CCc1ccc(S(=O)(=O)N2CCN(c3ccc(N4CCN(CC5CCCO5)CC4)nn3)CC2)s1. The lowest BCUT2D eigenvalue weighted by atomic mass is 10.2. The van der Waals surface area contributed by atoms with Gasteiger partial charge in [-0.25, -0.2) is 8.42 Å². The summed E-state index contributed by atoms with van der Waals surface area (Å²) >= 11 is 1.37. The van der Waals surface area contributed by atoms with E-state index in [0.717, 1.165) is 62.3 Å². The standard InChI is InChI=1S/C23H34N6O3S2/c1-2-20-5-8-23(33-20)34(30,31)29-15-13-28(14-16-29)22-7-6-21(24-25-22)27-11-9-26(10-12-27)18-19-4-3-17-32-19/h5-8,19H,2-4,9-18H2,1H3. The Labute approximate surface area is 206 Å². The zero-order valence-electron chi connectivity index (χ0n) is 19.8. The van der Waals surface area contributed by atoms with E-state index < -0.39 is 10.0 Å². The van der Waals surface area contributed by atoms with Crippen LogP contribution in [0, 0.1) is 0 Å². The van der Waals surface area contributed by atoms with Crippen molar-refractivity contribution in [1.29, 1.82) is 0 Å². The number of aromatic nitrogens is 2. The van der Waals surface area contributed by atoms with Crippen LogP contribution in [0.5, 0.6) is 0 Å². The van der Waals surface area contributed by atoms with Gasteiger partial charge in [-0.3, -0.25) is 4.90 Å². The minimum Gasteiger partial charge on any atom is -0.377 e. The van der Waals surface area contributed by atoms with Crippen LogP contribution in [0.25, 0.3) is 0 Å². The predicted octanol–water partition coefficient (Wildman–Crippen LogP) is 1.91. The van der Waals surface area contributed by atoms with Gasteiger partial charge in [0.2, 0.25) is 0 Å². The number of rotatable bonds is 7. The summed E-state index contributed by atoms with van der Waals surface area (Å²) in [4.78, 5) is 7.99. The Morgan fingerprint density at radius 2 is 1.59 bits per heavy atom. The summed E-state index contributed by atoms with van der Waals surface area (Å²) in [6, 6.07) is 7.70. The minimum atomic E-state index is -3.42. The molecule has 0 aromatic carbocycles. The molecule has 5 rings (SSSR count). The number of hydrogen-bond acceptors (Lipinski definition) is 9. The van der Waals surface area contributed by atoms with Gasteiger partial charge in [0, 0.05) is 70.4 Å². The largest absolute Gasteiger partial charge is 0.377 e. The molecule has 0 radical (unpaired) electrons. The number of ether oxygens (including phenoxy) is 1. The Bertz CT molecular complexity index is 1040. The third kappa shape index (κ3) is 5.23. The quantitative estimate of drug-likeness (QED) is 0.563. The van der Waals surface area contributed by atoms with Crippen LogP contribution in [0.1, 0.15) is 24.6 Å². The smallest absolute Gasteiger partial charge is 0.252 e. The van der Waals surface area contributed by atoms with Crippen LogP contribution >= 0.6 is 11.3 Å². The van der Waals surface area contributed by atoms with Gasteiger partial charge in [0.25, 0.3) is 10.0 Å². The average molecular weight is 507 g/mol. The van der Waals surface area contributed by atoms with Crippen molar-refractivity contribution in [2.45, 2.75) is 36.5 Å². The van der Waals surface area contributed by atoms with Crippen molar-refractivity contribution >= 4 is 33.0 Å². The van der Waals surface area contributed by atoms with Crippen molar-refractivity contribution in [3.63, 3.8) is 0 Å². The molecule has 2 aromatic rings. The van der Waals surface area contributed by atoms with Gasteiger partial charge >= 0.3 is 0 Å². The molecule has 0 spiro atoms. The molecule has 0 aliphatic carbocycles. The highest BCUT2D eigenvalue weighted by molar-refractivity contribution is 7.91. The molecule has 1 atom stereocenters. The molecule has 11 heteroatoms. The molecular weight excluding hydrogens is 472 g/mol. The lowest BCUT2D eigenvalue weighted by Gasteiger charge is -2.36. The van der Waals surface area contributed by atoms with E-state index in [1.54, 1.807) is 10.4 Å². The molecule has 2 aromatic heterocycles. The van der Waals surface area contributed by atoms with Crippen LogP contribution in [-0.2, 0) is 21.2 Å². The van der Waals surface area contributed by atoms with E-state index in [0.29, 0.717) is 36.5 Å². The molecule has 3 fully saturated rings. The van der Waals surface area contributed by atoms with Gasteiger partial charge in [0.15, 0.2) is 11.6 Å². The molecule has 1 unspecified atom stereocenters. The number of hydrogen-bond donors (Lipinski definition) is 0. The van der Waals surface area contributed by atoms with E-state index in [1.807, 2.05) is 25.1 Å². The Morgan fingerprint density at radius 3 is 2.12 bits per heavy atom. The first kappa shape index (κ1) is 23.9. The monoisotopic (exact) mass is 506 g/mol. The number of piperazine rings is 2. The summed E-state index contributed by atoms with van der Waals surface area (Å²) < 4.78 is 33.8. The maximum Gasteiger partial charge on any atom is 0.252 e. The van der Waals surface area contributed by atoms with E-state index in [2.05, 4.69) is 24.9 Å². The van der Waals surface area contributed by atoms with Crippen molar-refractivity contribution in [2.75, 3.05) is 75.3 Å². The first-order chi connectivity index (χ1) is 16.5. The van der Waals surface area contributed by atoms with Gasteiger partial charge in [-0.1, -0.05) is 6.92 Å². The third-order valence-electron chi connectivity index (χ3n) is 6.96. The zero-order chi connectivity index (χ0) is 23.5. The molecule has 0 saturated carbocycles. The second-order valence-corrected chi connectivity index (χ2v) is 12.5. The highest BCUT2D eigenvalue weighted by Gasteiger charge is 2.30. The van der Waals surface area contributed by atoms with Crippen molar-refractivity contribution < 1.29 is 13.2 Å². The highest BCUT2D eigenvalue weighted by Crippen LogP contribution is 2.27. The Morgan fingerprint density at radius 1 is 0.941 bits per heavy atom. The van der Waals surface area contributed by atoms with Crippen LogP contribution < -0.4 is 9.80 Å². The van der Waals surface area contributed by atoms with E-state index in [4.69, 9.17) is 4.74 Å². The average Bonchev–Trinajstić information content (AvgIpc) is 3.57. The van der Waals surface area contributed by atoms with Crippen LogP contribution in [-0.4, -0.2) is 99.4 Å². The topological polar surface area (TPSA) is 82.1 Å². The number of anilines is 2. The molecule has 3 aliphatic rings. The fourth-order valence-electron chi connectivity index (χ4n) is 4.86. The summed E-state index contributed by atoms with van der Waals surface area (Å²) in [5.74, 6) is 1.72. The second-order valence-electron chi connectivity index (χ2n) is 9.14. The highest BCUT2D eigenvalue weighted by atomic mass is 32.2. The molecule has 3 saturated heterocycles. The fraction of sp³-hybridized carbons (Fsp3) is 0.652. The Hall–Kier alpha value is -1.79. The third-order valence-corrected chi connectivity index (χ3v) is 10.6. The number of sulfonamides is 1. The van der Waals surface area contributed by atoms with Gasteiger partial charge in [0.1, 0.15) is 4.21 Å². The molecule has 9 nitrogen and oxygen atoms in total. The summed E-state index contributed by atoms with van der Waals surface area (Å²) in [5.41, 5.74) is 0. The van der Waals surface area contributed by atoms with E-state index >= 15 is 0 Å². The summed E-state index contributed by atoms with van der Waals surface area (Å²) in [6.45, 7) is 10.0. The molecule has 0 bridgehead atoms. The second kappa shape index (κ2) is 10.4. The molecule has 5 heterocycles. The van der Waals surface area contributed by atoms with Crippen LogP contribution in [0.4, 0.5) is 11.6 Å². The predicted molar refractivity (Wildman–Crippen MR) is 134 cm³/mol. The Balaban J connectivity index is 1.12. The molecule has 3 aliphatic heterocycles. The summed E-state index contributed by atoms with van der Waals surface area (Å²) in [6.07, 6.45) is 3.63. The summed E-state index contributed by atoms with van der Waals surface area (Å²) in [7, 11) is -3.42. The minimum absolute atomic E-state index is 0.403. The summed E-state index contributed by atoms with van der Waals surface area (Å²) in [5, 5.41) is 8.97. The van der Waals surface area contributed by atoms with Gasteiger partial charge in [-0.15, -0.1) is 21.5 Å². The first-order valence-corrected chi connectivity index (χ1v) is 14.5. The van der Waals surface area contributed by atoms with Gasteiger partial charge < -0.3 is 14.5 Å². The van der Waals surface area contributed by atoms with Crippen molar-refractivity contribution in [3.05, 3.63) is 29.1 Å². The molecule has 0 N–H and O–H groups in total. The first-order valence-electron chi connectivity index (χ1n) is 12.3. The molecular formula is C23H34N6O3S2. The van der Waals surface area contributed by atoms with Gasteiger partial charge in [-0.05, 0) is 43.5 Å². The van der Waals surface area contributed by atoms with Gasteiger partial charge in [-0.2, -0.15) is 4.31 Å². The van der Waals surface area contributed by atoms with Crippen LogP contribution in [0.3, 0.4) is 0 Å². The zero-order valence-corrected chi connectivity index (χ0v) is 21.4. The molecule has 34 heavy (non-hydrogen) atoms. The Kier molecular flexibility index (Phi) is 7.35. The van der Waals surface area contributed by atoms with Crippen molar-refractivity contribution in [2.24, 2.45) is 0 Å². The van der Waals surface area contributed by atoms with Crippen molar-refractivity contribution in [3.8, 4) is 0 Å². The number of aryl methyl sites for hydroxylation is 1. The normalized spacial score (nSPS) is 23.0. The fourth-order valence-corrected chi connectivity index (χ4v) is 7.74. The molecule has 0 amide bonds. The number of thiophene rings is 1. The molecule has 186 valence electrons. The lowest BCUT2D eigenvalue weighted by molar-refractivity contribution is 0.0712. The maximum absolute atomic E-state index is 13.0. The van der Waals surface area contributed by atoms with E-state index in [-0.39, 0.29) is 0 Å². The van der Waals surface area contributed by atoms with E-state index in [1.165, 1.54) is 24.2 Å². The van der Waals surface area contributed by atoms with Crippen molar-refractivity contribution in [1.82, 2.24) is 19.4 Å². The van der Waals surface area contributed by atoms with Crippen LogP contribution in [0.2, 0.25) is 0 Å². The van der Waals surface area contributed by atoms with E-state index in [9.17, 15) is 8.42 Å².